The van der Waals surface area contributed by atoms with Crippen molar-refractivity contribution >= 4 is 23.0 Å². The van der Waals surface area contributed by atoms with Crippen LogP contribution in [0.1, 0.15) is 43.0 Å². The second-order valence-corrected chi connectivity index (χ2v) is 12.3. The SMILES string of the molecule is COC(=O)/C=C/c1cc([C@@](Cc2ccccc2)(N[S@](=O)C(C)(C)C)c2cc(F)cc(OC(F)(F)C(F)F)c2)ccc1F. The Balaban J connectivity index is 2.37. The first kappa shape index (κ1) is 32.9. The second-order valence-electron chi connectivity index (χ2n) is 10.3. The smallest absolute Gasteiger partial charge is 0.461 e. The van der Waals surface area contributed by atoms with Gasteiger partial charge in [0.15, 0.2) is 0 Å². The number of carbonyl (C=O) groups excluding carboxylic acids is 1. The van der Waals surface area contributed by atoms with Gasteiger partial charge >= 0.3 is 18.5 Å². The Kier molecular flexibility index (Phi) is 10.3. The van der Waals surface area contributed by atoms with Gasteiger partial charge in [-0.25, -0.2) is 22.5 Å². The fourth-order valence-corrected chi connectivity index (χ4v) is 4.90. The molecule has 5 nitrogen and oxygen atoms in total. The van der Waals surface area contributed by atoms with Gasteiger partial charge in [-0.05, 0) is 74.2 Å². The van der Waals surface area contributed by atoms with Gasteiger partial charge < -0.3 is 9.47 Å². The summed E-state index contributed by atoms with van der Waals surface area (Å²) in [5.74, 6) is -3.54. The van der Waals surface area contributed by atoms with Crippen molar-refractivity contribution < 1.29 is 44.8 Å². The van der Waals surface area contributed by atoms with Crippen LogP contribution in [0.4, 0.5) is 26.3 Å². The van der Waals surface area contributed by atoms with E-state index in [4.69, 9.17) is 0 Å². The van der Waals surface area contributed by atoms with E-state index < -0.39 is 57.2 Å². The minimum absolute atomic E-state index is 0.0877. The molecule has 3 aromatic carbocycles. The summed E-state index contributed by atoms with van der Waals surface area (Å²) in [5.41, 5.74) is -1.17. The first-order valence-corrected chi connectivity index (χ1v) is 13.7. The summed E-state index contributed by atoms with van der Waals surface area (Å²) in [4.78, 5) is 11.7. The number of ether oxygens (including phenoxy) is 2. The lowest BCUT2D eigenvalue weighted by molar-refractivity contribution is -0.253. The Hall–Kier alpha value is -3.64. The average molecular weight is 614 g/mol. The summed E-state index contributed by atoms with van der Waals surface area (Å²) < 4.78 is 108. The lowest BCUT2D eigenvalue weighted by Gasteiger charge is -2.38. The molecule has 42 heavy (non-hydrogen) atoms. The largest absolute Gasteiger partial charge is 0.466 e. The van der Waals surface area contributed by atoms with E-state index in [1.807, 2.05) is 0 Å². The van der Waals surface area contributed by atoms with Crippen molar-refractivity contribution in [2.75, 3.05) is 7.11 Å². The number of esters is 1. The van der Waals surface area contributed by atoms with Crippen LogP contribution in [0.3, 0.4) is 0 Å². The van der Waals surface area contributed by atoms with Crippen LogP contribution in [0.25, 0.3) is 6.08 Å². The minimum atomic E-state index is -4.93. The molecule has 226 valence electrons. The zero-order valence-electron chi connectivity index (χ0n) is 23.1. The van der Waals surface area contributed by atoms with Crippen LogP contribution in [0.15, 0.2) is 72.8 Å². The van der Waals surface area contributed by atoms with E-state index in [0.29, 0.717) is 11.6 Å². The van der Waals surface area contributed by atoms with Crippen molar-refractivity contribution in [3.05, 3.63) is 107 Å². The molecule has 0 radical (unpaired) electrons. The van der Waals surface area contributed by atoms with Gasteiger partial charge in [-0.3, -0.25) is 0 Å². The summed E-state index contributed by atoms with van der Waals surface area (Å²) >= 11 is 0. The molecule has 0 spiro atoms. The van der Waals surface area contributed by atoms with Crippen LogP contribution in [-0.4, -0.2) is 34.6 Å². The zero-order chi connectivity index (χ0) is 31.3. The monoisotopic (exact) mass is 613 g/mol. The maximum Gasteiger partial charge on any atom is 0.461 e. The summed E-state index contributed by atoms with van der Waals surface area (Å²) in [6.45, 7) is 4.96. The van der Waals surface area contributed by atoms with E-state index in [2.05, 4.69) is 14.2 Å². The van der Waals surface area contributed by atoms with Crippen LogP contribution >= 0.6 is 0 Å². The Morgan fingerprint density at radius 3 is 2.24 bits per heavy atom. The molecular weight excluding hydrogens is 584 g/mol. The van der Waals surface area contributed by atoms with Gasteiger partial charge in [0.2, 0.25) is 0 Å². The number of hydrogen-bond donors (Lipinski definition) is 1. The third-order valence-corrected chi connectivity index (χ3v) is 7.74. The molecular formula is C30H29F6NO4S. The van der Waals surface area contributed by atoms with Crippen LogP contribution < -0.4 is 9.46 Å². The Morgan fingerprint density at radius 2 is 1.64 bits per heavy atom. The summed E-state index contributed by atoms with van der Waals surface area (Å²) in [7, 11) is -0.777. The molecule has 1 N–H and O–H groups in total. The minimum Gasteiger partial charge on any atom is -0.466 e. The highest BCUT2D eigenvalue weighted by atomic mass is 32.2. The number of alkyl halides is 4. The highest BCUT2D eigenvalue weighted by molar-refractivity contribution is 7.84. The van der Waals surface area contributed by atoms with E-state index >= 15 is 4.39 Å². The number of halogens is 6. The van der Waals surface area contributed by atoms with Crippen LogP contribution in [-0.2, 0) is 32.5 Å². The molecule has 12 heteroatoms. The van der Waals surface area contributed by atoms with Gasteiger partial charge in [0.05, 0.1) is 28.4 Å². The van der Waals surface area contributed by atoms with Gasteiger partial charge in [0, 0.05) is 17.7 Å². The maximum absolute atomic E-state index is 15.0. The van der Waals surface area contributed by atoms with E-state index in [0.717, 1.165) is 37.5 Å². The van der Waals surface area contributed by atoms with Crippen molar-refractivity contribution in [1.82, 2.24) is 4.72 Å². The van der Waals surface area contributed by atoms with Gasteiger partial charge in [0.25, 0.3) is 0 Å². The third-order valence-electron chi connectivity index (χ3n) is 6.10. The zero-order valence-corrected chi connectivity index (χ0v) is 23.9. The Labute approximate surface area is 242 Å². The Morgan fingerprint density at radius 1 is 0.976 bits per heavy atom. The lowest BCUT2D eigenvalue weighted by atomic mass is 9.78. The number of benzene rings is 3. The Bertz CT molecular complexity index is 1460. The van der Waals surface area contributed by atoms with E-state index in [9.17, 15) is 31.0 Å². The maximum atomic E-state index is 15.0. The van der Waals surface area contributed by atoms with Crippen molar-refractivity contribution in [2.24, 2.45) is 0 Å². The highest BCUT2D eigenvalue weighted by Gasteiger charge is 2.45. The molecule has 0 fully saturated rings. The van der Waals surface area contributed by atoms with Crippen molar-refractivity contribution in [3.8, 4) is 5.75 Å². The molecule has 0 saturated heterocycles. The van der Waals surface area contributed by atoms with Crippen molar-refractivity contribution in [2.45, 2.75) is 50.0 Å². The fourth-order valence-electron chi connectivity index (χ4n) is 3.97. The molecule has 0 heterocycles. The van der Waals surface area contributed by atoms with Gasteiger partial charge in [0.1, 0.15) is 17.4 Å². The number of hydrogen-bond acceptors (Lipinski definition) is 4. The predicted molar refractivity (Wildman–Crippen MR) is 147 cm³/mol. The molecule has 0 unspecified atom stereocenters. The van der Waals surface area contributed by atoms with E-state index in [1.165, 1.54) is 12.1 Å². The van der Waals surface area contributed by atoms with Crippen LogP contribution in [0, 0.1) is 11.6 Å². The molecule has 0 saturated carbocycles. The normalized spacial score (nSPS) is 14.5. The second kappa shape index (κ2) is 13.1. The van der Waals surface area contributed by atoms with Crippen molar-refractivity contribution in [3.63, 3.8) is 0 Å². The topological polar surface area (TPSA) is 64.6 Å². The van der Waals surface area contributed by atoms with Gasteiger partial charge in [-0.2, -0.15) is 17.6 Å². The standard InChI is InChI=1S/C30H29F6NO4S/c1-28(2,3)42(39)37-29(18-19-8-6-5-7-9-19,21-11-12-25(32)20(14-21)10-13-26(38)40-4)22-15-23(31)17-24(16-22)41-30(35,36)27(33)34/h5-17,27,37H,18H2,1-4H3/b13-10+/t29-,42-/m1/s1. The van der Waals surface area contributed by atoms with Crippen LogP contribution in [0.2, 0.25) is 0 Å². The summed E-state index contributed by atoms with van der Waals surface area (Å²) in [6, 6.07) is 14.7. The van der Waals surface area contributed by atoms with E-state index in [1.54, 1.807) is 51.1 Å². The molecule has 0 aliphatic carbocycles. The predicted octanol–water partition coefficient (Wildman–Crippen LogP) is 6.93. The summed E-state index contributed by atoms with van der Waals surface area (Å²) in [5, 5.41) is 0. The first-order chi connectivity index (χ1) is 19.6. The summed E-state index contributed by atoms with van der Waals surface area (Å²) in [6.07, 6.45) is -7.11. The molecule has 0 bridgehead atoms. The molecule has 0 aliphatic heterocycles. The number of rotatable bonds is 11. The molecule has 3 rings (SSSR count). The highest BCUT2D eigenvalue weighted by Crippen LogP contribution is 2.39. The van der Waals surface area contributed by atoms with Crippen LogP contribution in [0.5, 0.6) is 5.75 Å². The first-order valence-electron chi connectivity index (χ1n) is 12.5. The van der Waals surface area contributed by atoms with Gasteiger partial charge in [-0.15, -0.1) is 0 Å². The van der Waals surface area contributed by atoms with E-state index in [-0.39, 0.29) is 23.1 Å². The van der Waals surface area contributed by atoms with Crippen molar-refractivity contribution in [1.29, 1.82) is 0 Å². The quantitative estimate of drug-likeness (QED) is 0.145. The third kappa shape index (κ3) is 8.01. The number of carbonyl (C=O) groups is 1. The molecule has 0 aliphatic rings. The lowest BCUT2D eigenvalue weighted by Crippen LogP contribution is -2.50. The number of nitrogens with one attached hydrogen (secondary N) is 1. The molecule has 0 amide bonds. The fraction of sp³-hybridized carbons (Fsp3) is 0.300. The molecule has 3 aromatic rings. The molecule has 2 atom stereocenters. The average Bonchev–Trinajstić information content (AvgIpc) is 2.91. The molecule has 0 aromatic heterocycles. The van der Waals surface area contributed by atoms with Gasteiger partial charge in [-0.1, -0.05) is 36.4 Å². The number of methoxy groups -OCH3 is 1.